The second kappa shape index (κ2) is 8.96. The van der Waals surface area contributed by atoms with Crippen LogP contribution in [0, 0.1) is 12.7 Å². The number of halogens is 1. The number of hydrogen-bond donors (Lipinski definition) is 1. The largest absolute Gasteiger partial charge is 0.507 e. The maximum absolute atomic E-state index is 13.5. The molecule has 1 amide bonds. The number of ether oxygens (including phenoxy) is 1. The molecule has 1 fully saturated rings. The lowest BCUT2D eigenvalue weighted by Gasteiger charge is -2.25. The van der Waals surface area contributed by atoms with E-state index in [1.165, 1.54) is 40.5 Å². The molecule has 1 N–H and O–H groups in total. The number of anilines is 1. The number of aliphatic hydroxyl groups excluding tert-OH is 1. The number of aliphatic hydroxyl groups is 1. The first-order valence-electron chi connectivity index (χ1n) is 10.3. The number of amides is 1. The summed E-state index contributed by atoms with van der Waals surface area (Å²) in [4.78, 5) is 28.2. The zero-order valence-corrected chi connectivity index (χ0v) is 18.5. The fourth-order valence-electron chi connectivity index (χ4n) is 3.70. The van der Waals surface area contributed by atoms with Crippen molar-refractivity contribution in [2.75, 3.05) is 11.5 Å². The van der Waals surface area contributed by atoms with Crippen LogP contribution in [0.3, 0.4) is 0 Å². The molecule has 2 aromatic carbocycles. The van der Waals surface area contributed by atoms with Gasteiger partial charge in [-0.25, -0.2) is 4.39 Å². The Labute approximate surface area is 189 Å². The van der Waals surface area contributed by atoms with Crippen molar-refractivity contribution in [3.8, 4) is 5.75 Å². The zero-order valence-electron chi connectivity index (χ0n) is 17.7. The minimum atomic E-state index is -0.809. The Morgan fingerprint density at radius 3 is 2.38 bits per heavy atom. The first-order valence-corrected chi connectivity index (χ1v) is 11.1. The van der Waals surface area contributed by atoms with Crippen molar-refractivity contribution < 1.29 is 23.8 Å². The van der Waals surface area contributed by atoms with Crippen LogP contribution >= 0.6 is 11.3 Å². The number of Topliss-reactive ketones (excluding diaryl/α,β-unsaturated/α-hetero) is 1. The average molecular weight is 452 g/mol. The summed E-state index contributed by atoms with van der Waals surface area (Å²) in [6.07, 6.45) is 0.870. The van der Waals surface area contributed by atoms with E-state index < -0.39 is 23.5 Å². The van der Waals surface area contributed by atoms with Crippen molar-refractivity contribution in [2.24, 2.45) is 0 Å². The van der Waals surface area contributed by atoms with Gasteiger partial charge in [-0.1, -0.05) is 6.92 Å². The minimum Gasteiger partial charge on any atom is -0.507 e. The molecule has 5 nitrogen and oxygen atoms in total. The van der Waals surface area contributed by atoms with E-state index in [-0.39, 0.29) is 11.3 Å². The first kappa shape index (κ1) is 21.8. The van der Waals surface area contributed by atoms with Crippen molar-refractivity contribution >= 4 is 34.5 Å². The van der Waals surface area contributed by atoms with Crippen LogP contribution in [-0.4, -0.2) is 23.4 Å². The number of rotatable bonds is 6. The Hall–Kier alpha value is -3.45. The summed E-state index contributed by atoms with van der Waals surface area (Å²) in [7, 11) is 0. The van der Waals surface area contributed by atoms with E-state index in [9.17, 15) is 19.1 Å². The van der Waals surface area contributed by atoms with Crippen LogP contribution in [0.2, 0.25) is 0 Å². The van der Waals surface area contributed by atoms with Crippen molar-refractivity contribution in [1.29, 1.82) is 0 Å². The van der Waals surface area contributed by atoms with Crippen LogP contribution in [-0.2, 0) is 9.59 Å². The van der Waals surface area contributed by atoms with Crippen LogP contribution in [0.5, 0.6) is 5.75 Å². The average Bonchev–Trinajstić information content (AvgIpc) is 3.33. The van der Waals surface area contributed by atoms with E-state index in [1.807, 2.05) is 25.3 Å². The van der Waals surface area contributed by atoms with Crippen LogP contribution in [0.4, 0.5) is 10.1 Å². The highest BCUT2D eigenvalue weighted by Gasteiger charge is 2.47. The standard InChI is InChI=1S/C25H22FNO4S/c1-3-13-31-19-10-4-16(5-11-19)22(28)20-21(24-15(2)12-14-32-24)27(25(30)23(20)29)18-8-6-17(26)7-9-18/h4-12,14,21,28H,3,13H2,1-2H3/b22-20-. The Bertz CT molecular complexity index is 1180. The molecule has 1 atom stereocenters. The van der Waals surface area contributed by atoms with Gasteiger partial charge in [-0.05, 0) is 78.9 Å². The van der Waals surface area contributed by atoms with Crippen molar-refractivity contribution in [1.82, 2.24) is 0 Å². The lowest BCUT2D eigenvalue weighted by molar-refractivity contribution is -0.132. The number of hydrogen-bond acceptors (Lipinski definition) is 5. The van der Waals surface area contributed by atoms with E-state index in [0.717, 1.165) is 16.9 Å². The van der Waals surface area contributed by atoms with Crippen LogP contribution in [0.1, 0.15) is 35.4 Å². The summed E-state index contributed by atoms with van der Waals surface area (Å²) in [6.45, 7) is 4.47. The molecule has 1 saturated heterocycles. The van der Waals surface area contributed by atoms with Gasteiger partial charge in [-0.3, -0.25) is 14.5 Å². The molecule has 0 bridgehead atoms. The molecule has 7 heteroatoms. The molecule has 164 valence electrons. The molecule has 1 aromatic heterocycles. The maximum atomic E-state index is 13.5. The van der Waals surface area contributed by atoms with Crippen LogP contribution in [0.25, 0.3) is 5.76 Å². The zero-order chi connectivity index (χ0) is 22.8. The third-order valence-electron chi connectivity index (χ3n) is 5.30. The molecule has 0 radical (unpaired) electrons. The monoisotopic (exact) mass is 451 g/mol. The molecular weight excluding hydrogens is 429 g/mol. The predicted octanol–water partition coefficient (Wildman–Crippen LogP) is 5.61. The smallest absolute Gasteiger partial charge is 0.300 e. The Kier molecular flexibility index (Phi) is 6.10. The quantitative estimate of drug-likeness (QED) is 0.301. The lowest BCUT2D eigenvalue weighted by Crippen LogP contribution is -2.29. The van der Waals surface area contributed by atoms with Gasteiger partial charge >= 0.3 is 0 Å². The number of nitrogens with zero attached hydrogens (tertiary/aromatic N) is 1. The Balaban J connectivity index is 1.83. The molecule has 2 heterocycles. The molecule has 0 aliphatic carbocycles. The van der Waals surface area contributed by atoms with Gasteiger partial charge in [0.1, 0.15) is 23.4 Å². The highest BCUT2D eigenvalue weighted by atomic mass is 32.1. The lowest BCUT2D eigenvalue weighted by atomic mass is 9.98. The van der Waals surface area contributed by atoms with Crippen molar-refractivity contribution in [3.05, 3.63) is 87.4 Å². The fourth-order valence-corrected chi connectivity index (χ4v) is 4.72. The Morgan fingerprint density at radius 1 is 1.09 bits per heavy atom. The van der Waals surface area contributed by atoms with Gasteiger partial charge in [0.05, 0.1) is 12.2 Å². The van der Waals surface area contributed by atoms with Gasteiger partial charge in [0, 0.05) is 16.1 Å². The number of benzene rings is 2. The SMILES string of the molecule is CCCOc1ccc(/C(O)=C2/C(=O)C(=O)N(c3ccc(F)cc3)C2c2sccc2C)cc1. The summed E-state index contributed by atoms with van der Waals surface area (Å²) >= 11 is 1.39. The van der Waals surface area contributed by atoms with E-state index in [0.29, 0.717) is 23.6 Å². The molecule has 0 spiro atoms. The van der Waals surface area contributed by atoms with E-state index >= 15 is 0 Å². The number of thiophene rings is 1. The van der Waals surface area contributed by atoms with Crippen LogP contribution < -0.4 is 9.64 Å². The summed E-state index contributed by atoms with van der Waals surface area (Å²) < 4.78 is 19.1. The number of carbonyl (C=O) groups is 2. The molecule has 1 aliphatic heterocycles. The van der Waals surface area contributed by atoms with Gasteiger partial charge in [0.15, 0.2) is 0 Å². The topological polar surface area (TPSA) is 66.8 Å². The molecule has 3 aromatic rings. The molecule has 4 rings (SSSR count). The van der Waals surface area contributed by atoms with Gasteiger partial charge in [0.2, 0.25) is 0 Å². The summed E-state index contributed by atoms with van der Waals surface area (Å²) in [5.74, 6) is -1.59. The van der Waals surface area contributed by atoms with Gasteiger partial charge in [0.25, 0.3) is 11.7 Å². The molecule has 32 heavy (non-hydrogen) atoms. The van der Waals surface area contributed by atoms with Crippen LogP contribution in [0.15, 0.2) is 65.6 Å². The molecule has 1 aliphatic rings. The summed E-state index contributed by atoms with van der Waals surface area (Å²) in [5, 5.41) is 13.0. The second-order valence-electron chi connectivity index (χ2n) is 7.49. The predicted molar refractivity (Wildman–Crippen MR) is 122 cm³/mol. The van der Waals surface area contributed by atoms with Crippen molar-refractivity contribution in [2.45, 2.75) is 26.3 Å². The van der Waals surface area contributed by atoms with E-state index in [4.69, 9.17) is 4.74 Å². The third-order valence-corrected chi connectivity index (χ3v) is 6.37. The van der Waals surface area contributed by atoms with E-state index in [1.54, 1.807) is 24.3 Å². The number of aryl methyl sites for hydroxylation is 1. The summed E-state index contributed by atoms with van der Waals surface area (Å²) in [5.41, 5.74) is 1.69. The third kappa shape index (κ3) is 3.91. The van der Waals surface area contributed by atoms with Gasteiger partial charge < -0.3 is 9.84 Å². The second-order valence-corrected chi connectivity index (χ2v) is 8.43. The number of ketones is 1. The Morgan fingerprint density at radius 2 is 1.78 bits per heavy atom. The first-order chi connectivity index (χ1) is 15.4. The highest BCUT2D eigenvalue weighted by molar-refractivity contribution is 7.10. The molecular formula is C25H22FNO4S. The van der Waals surface area contributed by atoms with Gasteiger partial charge in [-0.15, -0.1) is 11.3 Å². The molecule has 1 unspecified atom stereocenters. The highest BCUT2D eigenvalue weighted by Crippen LogP contribution is 2.44. The number of carbonyl (C=O) groups excluding carboxylic acids is 2. The minimum absolute atomic E-state index is 0.00658. The van der Waals surface area contributed by atoms with Crippen molar-refractivity contribution in [3.63, 3.8) is 0 Å². The molecule has 0 saturated carbocycles. The van der Waals surface area contributed by atoms with Gasteiger partial charge in [-0.2, -0.15) is 0 Å². The van der Waals surface area contributed by atoms with E-state index in [2.05, 4.69) is 0 Å². The normalized spacial score (nSPS) is 17.7. The summed E-state index contributed by atoms with van der Waals surface area (Å²) in [6, 6.07) is 13.2. The fraction of sp³-hybridized carbons (Fsp3) is 0.200. The maximum Gasteiger partial charge on any atom is 0.300 e.